The average molecular weight is 314 g/mol. The molecule has 1 aromatic rings. The van der Waals surface area contributed by atoms with Gasteiger partial charge in [0.25, 0.3) is 5.91 Å². The lowest BCUT2D eigenvalue weighted by atomic mass is 9.70. The first-order valence-electron chi connectivity index (χ1n) is 8.13. The molecule has 2 N–H and O–H groups in total. The van der Waals surface area contributed by atoms with Gasteiger partial charge in [-0.1, -0.05) is 24.3 Å². The number of piperidine rings is 1. The molecule has 1 aromatic carbocycles. The van der Waals surface area contributed by atoms with Gasteiger partial charge in [-0.15, -0.1) is 0 Å². The van der Waals surface area contributed by atoms with Gasteiger partial charge < -0.3 is 15.4 Å². The van der Waals surface area contributed by atoms with Gasteiger partial charge in [0.2, 0.25) is 5.91 Å². The van der Waals surface area contributed by atoms with E-state index in [9.17, 15) is 9.59 Å². The van der Waals surface area contributed by atoms with Crippen molar-refractivity contribution in [2.75, 3.05) is 13.2 Å². The summed E-state index contributed by atoms with van der Waals surface area (Å²) in [7, 11) is 0. The van der Waals surface area contributed by atoms with Crippen molar-refractivity contribution in [3.8, 4) is 5.75 Å². The lowest BCUT2D eigenvalue weighted by Crippen LogP contribution is -2.49. The maximum Gasteiger partial charge on any atom is 0.257 e. The van der Waals surface area contributed by atoms with Gasteiger partial charge in [0.15, 0.2) is 6.61 Å². The van der Waals surface area contributed by atoms with Gasteiger partial charge in [-0.2, -0.15) is 0 Å². The van der Waals surface area contributed by atoms with Gasteiger partial charge in [-0.25, -0.2) is 0 Å². The molecule has 1 heterocycles. The lowest BCUT2D eigenvalue weighted by Gasteiger charge is -2.42. The zero-order chi connectivity index (χ0) is 16.1. The minimum Gasteiger partial charge on any atom is -0.484 e. The van der Waals surface area contributed by atoms with Gasteiger partial charge >= 0.3 is 0 Å². The van der Waals surface area contributed by atoms with Crippen molar-refractivity contribution in [1.29, 1.82) is 0 Å². The van der Waals surface area contributed by atoms with E-state index in [0.717, 1.165) is 31.4 Å². The van der Waals surface area contributed by atoms with E-state index in [2.05, 4.69) is 16.7 Å². The van der Waals surface area contributed by atoms with Crippen LogP contribution in [0.1, 0.15) is 32.1 Å². The van der Waals surface area contributed by atoms with Crippen molar-refractivity contribution in [3.63, 3.8) is 0 Å². The Bertz CT molecular complexity index is 612. The van der Waals surface area contributed by atoms with Crippen LogP contribution in [0.25, 0.3) is 0 Å². The predicted octanol–water partition coefficient (Wildman–Crippen LogP) is 2.15. The molecule has 5 heteroatoms. The Kier molecular flexibility index (Phi) is 4.65. The van der Waals surface area contributed by atoms with Crippen LogP contribution < -0.4 is 15.4 Å². The monoisotopic (exact) mass is 314 g/mol. The van der Waals surface area contributed by atoms with E-state index < -0.39 is 0 Å². The van der Waals surface area contributed by atoms with E-state index in [4.69, 9.17) is 4.74 Å². The Hall–Kier alpha value is -2.30. The molecular formula is C18H22N2O3. The minimum absolute atomic E-state index is 0.00546. The maximum atomic E-state index is 12.1. The first kappa shape index (κ1) is 15.6. The number of para-hydroxylation sites is 1. The zero-order valence-electron chi connectivity index (χ0n) is 13.1. The van der Waals surface area contributed by atoms with Crippen molar-refractivity contribution >= 4 is 11.8 Å². The van der Waals surface area contributed by atoms with Crippen molar-refractivity contribution in [2.24, 2.45) is 5.41 Å². The van der Waals surface area contributed by atoms with Gasteiger partial charge in [0.1, 0.15) is 5.75 Å². The standard InChI is InChI=1S/C18H22N2O3/c21-16-9-11-18(10-5-4-8-15(18)20-16)13-19-17(22)12-23-14-6-2-1-3-7-14/h1-3,6-8H,4-5,9-13H2,(H,19,22)(H,20,21). The molecule has 1 fully saturated rings. The molecule has 0 aromatic heterocycles. The molecule has 0 saturated carbocycles. The number of carbonyl (C=O) groups is 2. The van der Waals surface area contributed by atoms with Crippen molar-refractivity contribution in [3.05, 3.63) is 42.1 Å². The van der Waals surface area contributed by atoms with Crippen LogP contribution in [0.15, 0.2) is 42.1 Å². The van der Waals surface area contributed by atoms with E-state index in [1.54, 1.807) is 0 Å². The number of amides is 2. The molecule has 1 unspecified atom stereocenters. The van der Waals surface area contributed by atoms with E-state index in [1.165, 1.54) is 0 Å². The fourth-order valence-electron chi connectivity index (χ4n) is 3.30. The Balaban J connectivity index is 1.54. The normalized spacial score (nSPS) is 23.3. The summed E-state index contributed by atoms with van der Waals surface area (Å²) in [4.78, 5) is 23.6. The minimum atomic E-state index is -0.134. The number of hydrogen-bond donors (Lipinski definition) is 2. The van der Waals surface area contributed by atoms with Gasteiger partial charge in [0, 0.05) is 24.1 Å². The molecule has 0 bridgehead atoms. The summed E-state index contributed by atoms with van der Waals surface area (Å²) >= 11 is 0. The molecule has 3 rings (SSSR count). The second-order valence-electron chi connectivity index (χ2n) is 6.22. The first-order valence-corrected chi connectivity index (χ1v) is 8.13. The van der Waals surface area contributed by atoms with E-state index >= 15 is 0 Å². The van der Waals surface area contributed by atoms with Crippen LogP contribution in [0.4, 0.5) is 0 Å². The fraction of sp³-hybridized carbons (Fsp3) is 0.444. The number of rotatable bonds is 5. The summed E-state index contributed by atoms with van der Waals surface area (Å²) in [5.41, 5.74) is 0.874. The lowest BCUT2D eigenvalue weighted by molar-refractivity contribution is -0.124. The van der Waals surface area contributed by atoms with Crippen LogP contribution in [0.5, 0.6) is 5.75 Å². The number of fused-ring (bicyclic) bond motifs is 1. The summed E-state index contributed by atoms with van der Waals surface area (Å²) in [6.07, 6.45) is 6.50. The molecule has 5 nitrogen and oxygen atoms in total. The smallest absolute Gasteiger partial charge is 0.257 e. The molecule has 1 saturated heterocycles. The molecule has 1 aliphatic carbocycles. The van der Waals surface area contributed by atoms with E-state index in [0.29, 0.717) is 18.7 Å². The van der Waals surface area contributed by atoms with Gasteiger partial charge in [0.05, 0.1) is 0 Å². The second kappa shape index (κ2) is 6.86. The molecule has 2 amide bonds. The van der Waals surface area contributed by atoms with Crippen molar-refractivity contribution in [1.82, 2.24) is 10.6 Å². The Morgan fingerprint density at radius 2 is 2.09 bits per heavy atom. The third-order valence-corrected chi connectivity index (χ3v) is 4.62. The highest BCUT2D eigenvalue weighted by Crippen LogP contribution is 2.42. The molecule has 0 radical (unpaired) electrons. The van der Waals surface area contributed by atoms with Gasteiger partial charge in [-0.05, 0) is 37.8 Å². The number of benzene rings is 1. The molecule has 23 heavy (non-hydrogen) atoms. The zero-order valence-corrected chi connectivity index (χ0v) is 13.1. The highest BCUT2D eigenvalue weighted by atomic mass is 16.5. The largest absolute Gasteiger partial charge is 0.484 e. The summed E-state index contributed by atoms with van der Waals surface area (Å²) < 4.78 is 5.46. The van der Waals surface area contributed by atoms with Crippen LogP contribution in [0.2, 0.25) is 0 Å². The number of allylic oxidation sites excluding steroid dienone is 1. The number of carbonyl (C=O) groups excluding carboxylic acids is 2. The molecule has 122 valence electrons. The predicted molar refractivity (Wildman–Crippen MR) is 86.7 cm³/mol. The Morgan fingerprint density at radius 1 is 1.26 bits per heavy atom. The third-order valence-electron chi connectivity index (χ3n) is 4.62. The van der Waals surface area contributed by atoms with Gasteiger partial charge in [-0.3, -0.25) is 9.59 Å². The summed E-state index contributed by atoms with van der Waals surface area (Å²) in [6.45, 7) is 0.557. The molecule has 2 aliphatic rings. The Morgan fingerprint density at radius 3 is 2.91 bits per heavy atom. The fourth-order valence-corrected chi connectivity index (χ4v) is 3.30. The van der Waals surface area contributed by atoms with Crippen LogP contribution in [-0.2, 0) is 9.59 Å². The summed E-state index contributed by atoms with van der Waals surface area (Å²) in [5, 5.41) is 5.95. The molecule has 1 aliphatic heterocycles. The maximum absolute atomic E-state index is 12.1. The molecular weight excluding hydrogens is 292 g/mol. The third kappa shape index (κ3) is 3.73. The molecule has 1 atom stereocenters. The topological polar surface area (TPSA) is 67.4 Å². The molecule has 0 spiro atoms. The number of hydrogen-bond acceptors (Lipinski definition) is 3. The van der Waals surface area contributed by atoms with E-state index in [1.807, 2.05) is 30.3 Å². The highest BCUT2D eigenvalue weighted by molar-refractivity contribution is 5.80. The summed E-state index contributed by atoms with van der Waals surface area (Å²) in [5.74, 6) is 0.626. The summed E-state index contributed by atoms with van der Waals surface area (Å²) in [6, 6.07) is 9.29. The van der Waals surface area contributed by atoms with E-state index in [-0.39, 0.29) is 23.8 Å². The number of ether oxygens (including phenoxy) is 1. The first-order chi connectivity index (χ1) is 11.2. The second-order valence-corrected chi connectivity index (χ2v) is 6.22. The quantitative estimate of drug-likeness (QED) is 0.875. The van der Waals surface area contributed by atoms with Crippen molar-refractivity contribution < 1.29 is 14.3 Å². The van der Waals surface area contributed by atoms with Crippen LogP contribution in [-0.4, -0.2) is 25.0 Å². The van der Waals surface area contributed by atoms with Crippen LogP contribution in [0.3, 0.4) is 0 Å². The van der Waals surface area contributed by atoms with Crippen molar-refractivity contribution in [2.45, 2.75) is 32.1 Å². The average Bonchev–Trinajstić information content (AvgIpc) is 2.59. The SMILES string of the molecule is O=C(COc1ccccc1)NCC12CCCC=C1NC(=O)CC2. The van der Waals surface area contributed by atoms with Crippen LogP contribution >= 0.6 is 0 Å². The van der Waals surface area contributed by atoms with Crippen LogP contribution in [0, 0.1) is 5.41 Å². The Labute approximate surface area is 136 Å². The number of nitrogens with one attached hydrogen (secondary N) is 2. The highest BCUT2D eigenvalue weighted by Gasteiger charge is 2.40.